The number of ketones is 1. The molecule has 1 spiro atoms. The number of benzene rings is 1. The van der Waals surface area contributed by atoms with Crippen LogP contribution in [0, 0.1) is 11.2 Å². The Kier molecular flexibility index (Phi) is 3.62. The van der Waals surface area contributed by atoms with E-state index in [1.165, 1.54) is 17.9 Å². The van der Waals surface area contributed by atoms with Gasteiger partial charge < -0.3 is 23.9 Å². The van der Waals surface area contributed by atoms with Crippen LogP contribution in [0.15, 0.2) is 12.1 Å². The molecule has 0 N–H and O–H groups in total. The van der Waals surface area contributed by atoms with Crippen molar-refractivity contribution in [3.8, 4) is 5.75 Å². The van der Waals surface area contributed by atoms with Crippen molar-refractivity contribution < 1.29 is 28.2 Å². The number of Topliss-reactive ketones (excluding diaryl/α,β-unsaturated/α-hetero) is 1. The predicted molar refractivity (Wildman–Crippen MR) is 93.8 cm³/mol. The van der Waals surface area contributed by atoms with Crippen LogP contribution in [-0.2, 0) is 14.3 Å². The number of carbonyl (C=O) groups excluding carboxylic acids is 2. The molecule has 7 nitrogen and oxygen atoms in total. The zero-order valence-electron chi connectivity index (χ0n) is 15.1. The van der Waals surface area contributed by atoms with Gasteiger partial charge in [0.15, 0.2) is 0 Å². The Morgan fingerprint density at radius 3 is 2.74 bits per heavy atom. The van der Waals surface area contributed by atoms with Gasteiger partial charge in [0.2, 0.25) is 0 Å². The fourth-order valence-electron chi connectivity index (χ4n) is 4.38. The maximum absolute atomic E-state index is 14.8. The summed E-state index contributed by atoms with van der Waals surface area (Å²) in [7, 11) is 0. The van der Waals surface area contributed by atoms with Crippen molar-refractivity contribution in [3.63, 3.8) is 0 Å². The molecule has 27 heavy (non-hydrogen) atoms. The summed E-state index contributed by atoms with van der Waals surface area (Å²) in [4.78, 5) is 27.1. The van der Waals surface area contributed by atoms with Gasteiger partial charge in [-0.15, -0.1) is 0 Å². The van der Waals surface area contributed by atoms with Crippen LogP contribution in [0.2, 0.25) is 0 Å². The molecular formula is C19H21FN2O5. The van der Waals surface area contributed by atoms with Gasteiger partial charge in [0.25, 0.3) is 0 Å². The average molecular weight is 376 g/mol. The van der Waals surface area contributed by atoms with Gasteiger partial charge in [-0.1, -0.05) is 0 Å². The number of carbonyl (C=O) groups is 2. The lowest BCUT2D eigenvalue weighted by Gasteiger charge is -2.56. The number of halogens is 1. The van der Waals surface area contributed by atoms with Crippen LogP contribution in [0.3, 0.4) is 0 Å². The molecule has 3 fully saturated rings. The van der Waals surface area contributed by atoms with Crippen molar-refractivity contribution in [2.24, 2.45) is 5.41 Å². The van der Waals surface area contributed by atoms with E-state index in [0.717, 1.165) is 26.3 Å². The molecule has 5 rings (SSSR count). The highest BCUT2D eigenvalue weighted by Crippen LogP contribution is 2.46. The van der Waals surface area contributed by atoms with Gasteiger partial charge in [0, 0.05) is 31.6 Å². The second-order valence-electron chi connectivity index (χ2n) is 8.03. The Labute approximate surface area is 156 Å². The lowest BCUT2D eigenvalue weighted by atomic mass is 9.77. The first-order valence-electron chi connectivity index (χ1n) is 9.24. The number of cyclic esters (lactones) is 1. The number of rotatable bonds is 4. The number of hydrogen-bond donors (Lipinski definition) is 0. The largest absolute Gasteiger partial charge is 0.489 e. The average Bonchev–Trinajstić information content (AvgIpc) is 2.87. The van der Waals surface area contributed by atoms with E-state index >= 15 is 0 Å². The minimum absolute atomic E-state index is 0.0431. The number of amides is 1. The van der Waals surface area contributed by atoms with Gasteiger partial charge in [0.1, 0.15) is 36.1 Å². The summed E-state index contributed by atoms with van der Waals surface area (Å²) in [6.07, 6.45) is -0.159. The molecule has 4 heterocycles. The molecule has 3 saturated heterocycles. The molecule has 1 aromatic rings. The SMILES string of the molecule is CC(=O)CC[C@@H]1OC(=O)N2c3cc(F)c(N4CC5(COC5)C4)cc3OC[C@@H]12. The summed E-state index contributed by atoms with van der Waals surface area (Å²) in [6.45, 7) is 4.78. The van der Waals surface area contributed by atoms with Crippen LogP contribution in [0.5, 0.6) is 5.75 Å². The zero-order chi connectivity index (χ0) is 18.8. The van der Waals surface area contributed by atoms with Crippen molar-refractivity contribution in [1.29, 1.82) is 0 Å². The molecule has 4 aliphatic rings. The number of hydrogen-bond acceptors (Lipinski definition) is 6. The van der Waals surface area contributed by atoms with E-state index in [0.29, 0.717) is 30.0 Å². The van der Waals surface area contributed by atoms with Gasteiger partial charge in [-0.25, -0.2) is 9.18 Å². The molecule has 1 aromatic carbocycles. The maximum atomic E-state index is 14.8. The summed E-state index contributed by atoms with van der Waals surface area (Å²) in [5, 5.41) is 0. The number of ether oxygens (including phenoxy) is 3. The number of nitrogens with zero attached hydrogens (tertiary/aromatic N) is 2. The highest BCUT2D eigenvalue weighted by atomic mass is 19.1. The van der Waals surface area contributed by atoms with Gasteiger partial charge in [0.05, 0.1) is 30.0 Å². The molecule has 2 atom stereocenters. The molecule has 1 amide bonds. The monoisotopic (exact) mass is 376 g/mol. The molecule has 0 unspecified atom stereocenters. The standard InChI is InChI=1S/C19H21FN2O5/c1-11(23)2-3-16-15-6-26-17-5-13(21-7-19(8-21)9-25-10-19)12(20)4-14(17)22(15)18(24)27-16/h4-5,15-16H,2-3,6-10H2,1H3/t15-,16-/m0/s1. The van der Waals surface area contributed by atoms with Gasteiger partial charge >= 0.3 is 6.09 Å². The van der Waals surface area contributed by atoms with Crippen LogP contribution >= 0.6 is 0 Å². The summed E-state index contributed by atoms with van der Waals surface area (Å²) in [5.74, 6) is 0.146. The van der Waals surface area contributed by atoms with Crippen LogP contribution in [0.1, 0.15) is 19.8 Å². The topological polar surface area (TPSA) is 68.3 Å². The van der Waals surface area contributed by atoms with Crippen LogP contribution in [0.4, 0.5) is 20.6 Å². The van der Waals surface area contributed by atoms with E-state index in [9.17, 15) is 14.0 Å². The minimum atomic E-state index is -0.514. The highest BCUT2D eigenvalue weighted by molar-refractivity contribution is 5.94. The van der Waals surface area contributed by atoms with Gasteiger partial charge in [-0.3, -0.25) is 4.90 Å². The lowest BCUT2D eigenvalue weighted by molar-refractivity contribution is -0.127. The quantitative estimate of drug-likeness (QED) is 0.802. The summed E-state index contributed by atoms with van der Waals surface area (Å²) < 4.78 is 31.3. The van der Waals surface area contributed by atoms with E-state index < -0.39 is 12.2 Å². The first-order chi connectivity index (χ1) is 13.0. The smallest absolute Gasteiger partial charge is 0.415 e. The molecule has 0 bridgehead atoms. The predicted octanol–water partition coefficient (Wildman–Crippen LogP) is 2.12. The Morgan fingerprint density at radius 2 is 2.07 bits per heavy atom. The van der Waals surface area contributed by atoms with Crippen molar-refractivity contribution in [2.75, 3.05) is 42.7 Å². The fraction of sp³-hybridized carbons (Fsp3) is 0.579. The van der Waals surface area contributed by atoms with E-state index in [1.54, 1.807) is 6.07 Å². The third-order valence-electron chi connectivity index (χ3n) is 5.90. The van der Waals surface area contributed by atoms with E-state index in [-0.39, 0.29) is 29.7 Å². The van der Waals surface area contributed by atoms with Gasteiger partial charge in [-0.2, -0.15) is 0 Å². The first-order valence-corrected chi connectivity index (χ1v) is 9.24. The second-order valence-corrected chi connectivity index (χ2v) is 8.03. The Bertz CT molecular complexity index is 817. The normalized spacial score (nSPS) is 27.3. The molecule has 0 radical (unpaired) electrons. The van der Waals surface area contributed by atoms with Crippen molar-refractivity contribution in [1.82, 2.24) is 0 Å². The van der Waals surface area contributed by atoms with Crippen molar-refractivity contribution >= 4 is 23.3 Å². The third-order valence-corrected chi connectivity index (χ3v) is 5.90. The molecular weight excluding hydrogens is 355 g/mol. The molecule has 144 valence electrons. The fourth-order valence-corrected chi connectivity index (χ4v) is 4.38. The van der Waals surface area contributed by atoms with Crippen molar-refractivity contribution in [2.45, 2.75) is 31.9 Å². The van der Waals surface area contributed by atoms with Gasteiger partial charge in [-0.05, 0) is 13.3 Å². The molecule has 0 aliphatic carbocycles. The molecule has 0 aromatic heterocycles. The zero-order valence-corrected chi connectivity index (χ0v) is 15.1. The summed E-state index contributed by atoms with van der Waals surface area (Å²) >= 11 is 0. The number of anilines is 2. The molecule has 8 heteroatoms. The lowest BCUT2D eigenvalue weighted by Crippen LogP contribution is -2.66. The molecule has 0 saturated carbocycles. The Balaban J connectivity index is 1.38. The minimum Gasteiger partial charge on any atom is -0.489 e. The van der Waals surface area contributed by atoms with Crippen LogP contribution < -0.4 is 14.5 Å². The summed E-state index contributed by atoms with van der Waals surface area (Å²) in [5.41, 5.74) is 1.06. The van der Waals surface area contributed by atoms with E-state index in [2.05, 4.69) is 0 Å². The third kappa shape index (κ3) is 2.57. The van der Waals surface area contributed by atoms with Crippen LogP contribution in [0.25, 0.3) is 0 Å². The summed E-state index contributed by atoms with van der Waals surface area (Å²) in [6, 6.07) is 2.69. The Hall–Kier alpha value is -2.35. The van der Waals surface area contributed by atoms with E-state index in [4.69, 9.17) is 14.2 Å². The van der Waals surface area contributed by atoms with Crippen LogP contribution in [-0.4, -0.2) is 56.9 Å². The second kappa shape index (κ2) is 5.82. The first kappa shape index (κ1) is 16.8. The Morgan fingerprint density at radius 1 is 1.30 bits per heavy atom. The molecule has 4 aliphatic heterocycles. The van der Waals surface area contributed by atoms with E-state index in [1.807, 2.05) is 4.90 Å². The highest BCUT2D eigenvalue weighted by Gasteiger charge is 2.50. The number of fused-ring (bicyclic) bond motifs is 3. The van der Waals surface area contributed by atoms with Crippen molar-refractivity contribution in [3.05, 3.63) is 17.9 Å². The maximum Gasteiger partial charge on any atom is 0.415 e.